The number of rotatable bonds is 3. The summed E-state index contributed by atoms with van der Waals surface area (Å²) in [7, 11) is 0. The van der Waals surface area contributed by atoms with Crippen LogP contribution in [0.2, 0.25) is 5.02 Å². The summed E-state index contributed by atoms with van der Waals surface area (Å²) >= 11 is 7.22. The second kappa shape index (κ2) is 6.42. The van der Waals surface area contributed by atoms with Gasteiger partial charge < -0.3 is 0 Å². The zero-order chi connectivity index (χ0) is 17.4. The van der Waals surface area contributed by atoms with Crippen LogP contribution in [0.3, 0.4) is 0 Å². The van der Waals surface area contributed by atoms with E-state index in [1.54, 1.807) is 12.3 Å². The standard InChI is InChI=1S/C17H9ClF2N4S/c18-12-4-2-1-3-10(12)15-11-8-21-17(22-16(11)24-23-15)25-14-6-5-9(19)7-13(14)20/h1-8H,(H,21,22,23,24). The second-order valence-corrected chi connectivity index (χ2v) is 6.56. The molecule has 2 heterocycles. The number of aromatic nitrogens is 4. The first kappa shape index (κ1) is 16.0. The molecule has 0 aliphatic heterocycles. The van der Waals surface area contributed by atoms with Gasteiger partial charge in [-0.2, -0.15) is 5.10 Å². The molecule has 1 N–H and O–H groups in total. The summed E-state index contributed by atoms with van der Waals surface area (Å²) in [5.74, 6) is -1.29. The van der Waals surface area contributed by atoms with Crippen LogP contribution in [0.15, 0.2) is 58.7 Å². The van der Waals surface area contributed by atoms with Gasteiger partial charge in [-0.1, -0.05) is 29.8 Å². The van der Waals surface area contributed by atoms with E-state index in [0.29, 0.717) is 26.9 Å². The van der Waals surface area contributed by atoms with Gasteiger partial charge in [0.1, 0.15) is 11.6 Å². The van der Waals surface area contributed by atoms with Crippen LogP contribution in [-0.2, 0) is 0 Å². The Labute approximate surface area is 150 Å². The largest absolute Gasteiger partial charge is 0.275 e. The fraction of sp³-hybridized carbons (Fsp3) is 0. The molecule has 0 unspecified atom stereocenters. The van der Waals surface area contributed by atoms with E-state index in [4.69, 9.17) is 11.6 Å². The summed E-state index contributed by atoms with van der Waals surface area (Å²) in [4.78, 5) is 8.80. The highest BCUT2D eigenvalue weighted by atomic mass is 35.5. The molecule has 0 spiro atoms. The Kier molecular flexibility index (Phi) is 4.10. The molecule has 8 heteroatoms. The Balaban J connectivity index is 1.71. The molecule has 4 rings (SSSR count). The van der Waals surface area contributed by atoms with Crippen molar-refractivity contribution in [1.82, 2.24) is 20.2 Å². The quantitative estimate of drug-likeness (QED) is 0.507. The molecule has 25 heavy (non-hydrogen) atoms. The molecule has 0 fully saturated rings. The van der Waals surface area contributed by atoms with Gasteiger partial charge in [0.2, 0.25) is 0 Å². The monoisotopic (exact) mass is 374 g/mol. The molecule has 0 amide bonds. The lowest BCUT2D eigenvalue weighted by Gasteiger charge is -2.03. The number of halogens is 3. The average molecular weight is 375 g/mol. The Bertz CT molecular complexity index is 1080. The van der Waals surface area contributed by atoms with Gasteiger partial charge in [-0.25, -0.2) is 18.7 Å². The average Bonchev–Trinajstić information content (AvgIpc) is 3.01. The second-order valence-electron chi connectivity index (χ2n) is 5.15. The van der Waals surface area contributed by atoms with Crippen LogP contribution < -0.4 is 0 Å². The smallest absolute Gasteiger partial charge is 0.194 e. The van der Waals surface area contributed by atoms with E-state index in [1.807, 2.05) is 18.2 Å². The van der Waals surface area contributed by atoms with Gasteiger partial charge in [0.25, 0.3) is 0 Å². The van der Waals surface area contributed by atoms with Crippen LogP contribution >= 0.6 is 23.4 Å². The maximum atomic E-state index is 13.8. The lowest BCUT2D eigenvalue weighted by Crippen LogP contribution is -1.89. The van der Waals surface area contributed by atoms with Crippen LogP contribution in [-0.4, -0.2) is 20.2 Å². The summed E-state index contributed by atoms with van der Waals surface area (Å²) in [6.07, 6.45) is 1.61. The Morgan fingerprint density at radius 2 is 1.92 bits per heavy atom. The number of hydrogen-bond donors (Lipinski definition) is 1. The Morgan fingerprint density at radius 1 is 1.08 bits per heavy atom. The van der Waals surface area contributed by atoms with E-state index >= 15 is 0 Å². The van der Waals surface area contributed by atoms with Crippen molar-refractivity contribution >= 4 is 34.4 Å². The van der Waals surface area contributed by atoms with Crippen molar-refractivity contribution in [2.75, 3.05) is 0 Å². The minimum absolute atomic E-state index is 0.239. The number of hydrogen-bond acceptors (Lipinski definition) is 4. The topological polar surface area (TPSA) is 54.5 Å². The molecule has 4 nitrogen and oxygen atoms in total. The van der Waals surface area contributed by atoms with Crippen molar-refractivity contribution in [2.45, 2.75) is 10.1 Å². The molecule has 2 aromatic carbocycles. The molecule has 0 atom stereocenters. The van der Waals surface area contributed by atoms with E-state index in [1.165, 1.54) is 12.1 Å². The van der Waals surface area contributed by atoms with Crippen molar-refractivity contribution in [1.29, 1.82) is 0 Å². The van der Waals surface area contributed by atoms with Gasteiger partial charge in [-0.05, 0) is 30.0 Å². The molecule has 0 aliphatic rings. The molecule has 4 aromatic rings. The summed E-state index contributed by atoms with van der Waals surface area (Å²) in [5, 5.41) is 8.69. The molecule has 0 aliphatic carbocycles. The van der Waals surface area contributed by atoms with Crippen LogP contribution in [0, 0.1) is 11.6 Å². The summed E-state index contributed by atoms with van der Waals surface area (Å²) in [6, 6.07) is 10.7. The van der Waals surface area contributed by atoms with Gasteiger partial charge in [0.15, 0.2) is 10.8 Å². The predicted octanol–water partition coefficient (Wildman–Crippen LogP) is 5.10. The van der Waals surface area contributed by atoms with Gasteiger partial charge in [-0.15, -0.1) is 0 Å². The van der Waals surface area contributed by atoms with E-state index < -0.39 is 11.6 Å². The minimum atomic E-state index is -0.660. The number of benzene rings is 2. The Hall–Kier alpha value is -2.51. The number of H-pyrrole nitrogens is 1. The molecule has 0 radical (unpaired) electrons. The summed E-state index contributed by atoms with van der Waals surface area (Å²) < 4.78 is 26.8. The highest BCUT2D eigenvalue weighted by molar-refractivity contribution is 7.99. The molecule has 0 bridgehead atoms. The number of aromatic amines is 1. The lowest BCUT2D eigenvalue weighted by molar-refractivity contribution is 0.565. The molecular formula is C17H9ClF2N4S. The SMILES string of the molecule is Fc1ccc(Sc2ncc3c(-c4ccccc4Cl)[nH]nc3n2)c(F)c1. The summed E-state index contributed by atoms with van der Waals surface area (Å²) in [5.41, 5.74) is 1.94. The van der Waals surface area contributed by atoms with Gasteiger partial charge in [0.05, 0.1) is 16.0 Å². The third-order valence-corrected chi connectivity index (χ3v) is 4.79. The van der Waals surface area contributed by atoms with E-state index in [0.717, 1.165) is 23.4 Å². The van der Waals surface area contributed by atoms with Crippen LogP contribution in [0.4, 0.5) is 8.78 Å². The van der Waals surface area contributed by atoms with E-state index in [9.17, 15) is 8.78 Å². The van der Waals surface area contributed by atoms with Crippen LogP contribution in [0.5, 0.6) is 0 Å². The van der Waals surface area contributed by atoms with Crippen molar-refractivity contribution < 1.29 is 8.78 Å². The lowest BCUT2D eigenvalue weighted by atomic mass is 10.1. The first-order valence-electron chi connectivity index (χ1n) is 7.21. The third-order valence-electron chi connectivity index (χ3n) is 3.53. The van der Waals surface area contributed by atoms with Gasteiger partial charge in [0, 0.05) is 22.8 Å². The molecule has 0 saturated heterocycles. The van der Waals surface area contributed by atoms with Gasteiger partial charge in [-0.3, -0.25) is 5.10 Å². The Morgan fingerprint density at radius 3 is 2.72 bits per heavy atom. The third kappa shape index (κ3) is 3.08. The zero-order valence-electron chi connectivity index (χ0n) is 12.5. The first-order valence-corrected chi connectivity index (χ1v) is 8.40. The zero-order valence-corrected chi connectivity index (χ0v) is 14.1. The van der Waals surface area contributed by atoms with Crippen LogP contribution in [0.25, 0.3) is 22.3 Å². The molecular weight excluding hydrogens is 366 g/mol. The highest BCUT2D eigenvalue weighted by Gasteiger charge is 2.14. The van der Waals surface area contributed by atoms with Crippen molar-refractivity contribution in [3.63, 3.8) is 0 Å². The fourth-order valence-electron chi connectivity index (χ4n) is 2.36. The van der Waals surface area contributed by atoms with Crippen molar-refractivity contribution in [2.24, 2.45) is 0 Å². The molecule has 2 aromatic heterocycles. The van der Waals surface area contributed by atoms with Crippen LogP contribution in [0.1, 0.15) is 0 Å². The minimum Gasteiger partial charge on any atom is -0.275 e. The predicted molar refractivity (Wildman–Crippen MR) is 92.6 cm³/mol. The molecule has 124 valence electrons. The molecule has 0 saturated carbocycles. The van der Waals surface area contributed by atoms with E-state index in [2.05, 4.69) is 20.2 Å². The first-order chi connectivity index (χ1) is 12.1. The number of fused-ring (bicyclic) bond motifs is 1. The van der Waals surface area contributed by atoms with E-state index in [-0.39, 0.29) is 4.90 Å². The maximum Gasteiger partial charge on any atom is 0.194 e. The fourth-order valence-corrected chi connectivity index (χ4v) is 3.32. The number of nitrogens with zero attached hydrogens (tertiary/aromatic N) is 3. The maximum absolute atomic E-state index is 13.8. The van der Waals surface area contributed by atoms with Gasteiger partial charge >= 0.3 is 0 Å². The van der Waals surface area contributed by atoms with Crippen molar-refractivity contribution in [3.8, 4) is 11.3 Å². The van der Waals surface area contributed by atoms with Crippen molar-refractivity contribution in [3.05, 3.63) is 65.3 Å². The normalized spacial score (nSPS) is 11.2. The highest BCUT2D eigenvalue weighted by Crippen LogP contribution is 2.32. The number of nitrogens with one attached hydrogen (secondary N) is 1. The summed E-state index contributed by atoms with van der Waals surface area (Å²) in [6.45, 7) is 0.